The second-order valence-electron chi connectivity index (χ2n) is 9.94. The molecule has 1 atom stereocenters. The number of fused-ring (bicyclic) bond motifs is 1. The van der Waals surface area contributed by atoms with Crippen LogP contribution in [0.15, 0.2) is 60.9 Å². The van der Waals surface area contributed by atoms with E-state index in [-0.39, 0.29) is 12.5 Å². The number of nitrogens with zero attached hydrogens (tertiary/aromatic N) is 3. The molecule has 0 radical (unpaired) electrons. The van der Waals surface area contributed by atoms with Gasteiger partial charge in [-0.2, -0.15) is 18.3 Å². The second-order valence-corrected chi connectivity index (χ2v) is 9.94. The number of hydrogen-bond donors (Lipinski definition) is 2. The molecule has 0 aliphatic heterocycles. The molecule has 2 aromatic carbocycles. The molecule has 0 spiro atoms. The molecule has 2 N–H and O–H groups in total. The van der Waals surface area contributed by atoms with Crippen molar-refractivity contribution in [2.75, 3.05) is 6.54 Å². The van der Waals surface area contributed by atoms with Crippen molar-refractivity contribution in [3.63, 3.8) is 0 Å². The Bertz CT molecular complexity index is 1410. The Labute approximate surface area is 219 Å². The first-order valence-corrected chi connectivity index (χ1v) is 12.6. The lowest BCUT2D eigenvalue weighted by molar-refractivity contribution is -0.138. The number of rotatable bonds is 10. The van der Waals surface area contributed by atoms with Crippen LogP contribution in [0, 0.1) is 12.8 Å². The minimum absolute atomic E-state index is 0.0484. The van der Waals surface area contributed by atoms with Gasteiger partial charge >= 0.3 is 12.1 Å². The molecule has 1 unspecified atom stereocenters. The van der Waals surface area contributed by atoms with Crippen molar-refractivity contribution < 1.29 is 23.1 Å². The summed E-state index contributed by atoms with van der Waals surface area (Å²) < 4.78 is 41.3. The normalized spacial score (nSPS) is 12.8. The van der Waals surface area contributed by atoms with Gasteiger partial charge < -0.3 is 10.4 Å². The fourth-order valence-corrected chi connectivity index (χ4v) is 4.61. The number of aliphatic carboxylic acids is 1. The van der Waals surface area contributed by atoms with Gasteiger partial charge in [-0.25, -0.2) is 0 Å². The van der Waals surface area contributed by atoms with Crippen molar-refractivity contribution in [2.24, 2.45) is 5.92 Å². The van der Waals surface area contributed by atoms with E-state index in [0.717, 1.165) is 45.8 Å². The van der Waals surface area contributed by atoms with Crippen molar-refractivity contribution in [3.8, 4) is 11.1 Å². The molecule has 0 amide bonds. The van der Waals surface area contributed by atoms with Gasteiger partial charge in [-0.05, 0) is 71.8 Å². The number of pyridine rings is 1. The second kappa shape index (κ2) is 11.3. The van der Waals surface area contributed by atoms with E-state index in [2.05, 4.69) is 24.1 Å². The summed E-state index contributed by atoms with van der Waals surface area (Å²) in [6.07, 6.45) is 0.160. The largest absolute Gasteiger partial charge is 0.481 e. The fourth-order valence-electron chi connectivity index (χ4n) is 4.61. The van der Waals surface area contributed by atoms with Crippen LogP contribution in [0.1, 0.15) is 55.1 Å². The van der Waals surface area contributed by atoms with Crippen LogP contribution in [0.3, 0.4) is 0 Å². The number of aryl methyl sites for hydroxylation is 1. The molecule has 38 heavy (non-hydrogen) atoms. The zero-order valence-electron chi connectivity index (χ0n) is 21.6. The van der Waals surface area contributed by atoms with E-state index in [1.165, 1.54) is 12.1 Å². The monoisotopic (exact) mass is 524 g/mol. The molecule has 9 heteroatoms. The maximum absolute atomic E-state index is 13.1. The van der Waals surface area contributed by atoms with Crippen LogP contribution in [0.4, 0.5) is 13.2 Å². The van der Waals surface area contributed by atoms with Crippen LogP contribution in [0.25, 0.3) is 22.0 Å². The van der Waals surface area contributed by atoms with Gasteiger partial charge in [0.2, 0.25) is 0 Å². The van der Waals surface area contributed by atoms with Crippen LogP contribution in [0.5, 0.6) is 0 Å². The third-order valence-electron chi connectivity index (χ3n) is 6.50. The highest BCUT2D eigenvalue weighted by Gasteiger charge is 2.30. The Morgan fingerprint density at radius 2 is 1.87 bits per heavy atom. The van der Waals surface area contributed by atoms with E-state index >= 15 is 0 Å². The highest BCUT2D eigenvalue weighted by atomic mass is 19.4. The first-order chi connectivity index (χ1) is 18.0. The highest BCUT2D eigenvalue weighted by Crippen LogP contribution is 2.35. The quantitative estimate of drug-likeness (QED) is 0.228. The Hall–Kier alpha value is -3.72. The van der Waals surface area contributed by atoms with E-state index in [4.69, 9.17) is 10.2 Å². The van der Waals surface area contributed by atoms with Crippen molar-refractivity contribution in [2.45, 2.75) is 52.4 Å². The highest BCUT2D eigenvalue weighted by molar-refractivity contribution is 5.85. The van der Waals surface area contributed by atoms with Gasteiger partial charge in [0.15, 0.2) is 0 Å². The number of aromatic nitrogens is 3. The zero-order chi connectivity index (χ0) is 27.4. The van der Waals surface area contributed by atoms with Crippen molar-refractivity contribution in [3.05, 3.63) is 83.3 Å². The average Bonchev–Trinajstić information content (AvgIpc) is 3.28. The fraction of sp³-hybridized carbons (Fsp3) is 0.345. The number of alkyl halides is 3. The predicted octanol–water partition coefficient (Wildman–Crippen LogP) is 6.63. The summed E-state index contributed by atoms with van der Waals surface area (Å²) in [5.74, 6) is -0.448. The minimum Gasteiger partial charge on any atom is -0.481 e. The smallest absolute Gasteiger partial charge is 0.416 e. The molecule has 2 aromatic heterocycles. The molecule has 0 aliphatic rings. The standard InChI is InChI=1S/C29H31F3N4O2/c1-18(2)12-27(21-4-7-24(34-15-21)17-33-11-10-28(37)38)36-26-9-5-20(14-22(26)16-35-36)25-8-6-23(13-19(25)3)29(30,31)32/h4-9,13-16,18,27,33H,10-12,17H2,1-3H3,(H,37,38). The average molecular weight is 525 g/mol. The molecule has 0 fully saturated rings. The summed E-state index contributed by atoms with van der Waals surface area (Å²) in [5.41, 5.74) is 4.27. The van der Waals surface area contributed by atoms with Crippen LogP contribution >= 0.6 is 0 Å². The third kappa shape index (κ3) is 6.39. The summed E-state index contributed by atoms with van der Waals surface area (Å²) in [4.78, 5) is 15.2. The molecule has 4 aromatic rings. The van der Waals surface area contributed by atoms with Crippen LogP contribution in [0.2, 0.25) is 0 Å². The first kappa shape index (κ1) is 27.3. The predicted molar refractivity (Wildman–Crippen MR) is 141 cm³/mol. The number of halogens is 3. The molecule has 0 bridgehead atoms. The number of carboxylic acid groups (broad SMARTS) is 1. The van der Waals surface area contributed by atoms with Gasteiger partial charge in [0.05, 0.1) is 35.4 Å². The van der Waals surface area contributed by atoms with Crippen LogP contribution in [-0.4, -0.2) is 32.4 Å². The lowest BCUT2D eigenvalue weighted by Gasteiger charge is -2.21. The van der Waals surface area contributed by atoms with Gasteiger partial charge in [0.1, 0.15) is 0 Å². The first-order valence-electron chi connectivity index (χ1n) is 12.6. The topological polar surface area (TPSA) is 80.0 Å². The van der Waals surface area contributed by atoms with E-state index in [1.807, 2.05) is 41.2 Å². The number of nitrogens with one attached hydrogen (secondary N) is 1. The SMILES string of the molecule is Cc1cc(C(F)(F)F)ccc1-c1ccc2c(cnn2C(CC(C)C)c2ccc(CNCCC(=O)O)nc2)c1. The molecule has 2 heterocycles. The minimum atomic E-state index is -4.37. The number of carboxylic acids is 1. The van der Waals surface area contributed by atoms with Crippen molar-refractivity contribution in [1.29, 1.82) is 0 Å². The molecule has 200 valence electrons. The zero-order valence-corrected chi connectivity index (χ0v) is 21.6. The van der Waals surface area contributed by atoms with E-state index in [1.54, 1.807) is 13.1 Å². The van der Waals surface area contributed by atoms with Gasteiger partial charge in [-0.1, -0.05) is 32.0 Å². The van der Waals surface area contributed by atoms with Crippen molar-refractivity contribution >= 4 is 16.9 Å². The molecule has 0 aliphatic carbocycles. The summed E-state index contributed by atoms with van der Waals surface area (Å²) >= 11 is 0. The summed E-state index contributed by atoms with van der Waals surface area (Å²) in [5, 5.41) is 17.5. The van der Waals surface area contributed by atoms with E-state index < -0.39 is 17.7 Å². The lowest BCUT2D eigenvalue weighted by atomic mass is 9.96. The summed E-state index contributed by atoms with van der Waals surface area (Å²) in [6, 6.07) is 13.6. The molecular formula is C29H31F3N4O2. The summed E-state index contributed by atoms with van der Waals surface area (Å²) in [7, 11) is 0. The number of carbonyl (C=O) groups is 1. The Kier molecular flexibility index (Phi) is 8.16. The Morgan fingerprint density at radius 3 is 2.50 bits per heavy atom. The molecule has 0 saturated heterocycles. The Morgan fingerprint density at radius 1 is 1.08 bits per heavy atom. The molecule has 4 rings (SSSR count). The number of hydrogen-bond acceptors (Lipinski definition) is 4. The Balaban J connectivity index is 1.60. The van der Waals surface area contributed by atoms with Crippen LogP contribution in [-0.2, 0) is 17.5 Å². The van der Waals surface area contributed by atoms with Gasteiger partial charge in [0, 0.05) is 24.7 Å². The lowest BCUT2D eigenvalue weighted by Crippen LogP contribution is -2.19. The van der Waals surface area contributed by atoms with Gasteiger partial charge in [-0.3, -0.25) is 14.5 Å². The molecule has 0 saturated carbocycles. The van der Waals surface area contributed by atoms with Gasteiger partial charge in [-0.15, -0.1) is 0 Å². The maximum Gasteiger partial charge on any atom is 0.416 e. The molecular weight excluding hydrogens is 493 g/mol. The molecule has 6 nitrogen and oxygen atoms in total. The maximum atomic E-state index is 13.1. The van der Waals surface area contributed by atoms with E-state index in [9.17, 15) is 18.0 Å². The van der Waals surface area contributed by atoms with Crippen molar-refractivity contribution in [1.82, 2.24) is 20.1 Å². The number of benzene rings is 2. The van der Waals surface area contributed by atoms with E-state index in [0.29, 0.717) is 24.6 Å². The third-order valence-corrected chi connectivity index (χ3v) is 6.50. The van der Waals surface area contributed by atoms with Gasteiger partial charge in [0.25, 0.3) is 0 Å². The summed E-state index contributed by atoms with van der Waals surface area (Å²) in [6.45, 7) is 6.85. The van der Waals surface area contributed by atoms with Crippen LogP contribution < -0.4 is 5.32 Å².